The zero-order chi connectivity index (χ0) is 23.1. The lowest BCUT2D eigenvalue weighted by Crippen LogP contribution is -2.04. The zero-order valence-corrected chi connectivity index (χ0v) is 20.2. The number of rotatable bonds is 5. The van der Waals surface area contributed by atoms with E-state index in [1.54, 1.807) is 23.3 Å². The van der Waals surface area contributed by atoms with Crippen LogP contribution in [0, 0.1) is 0 Å². The molecule has 0 aliphatic heterocycles. The number of benzene rings is 3. The Balaban J connectivity index is 1.59. The highest BCUT2D eigenvalue weighted by molar-refractivity contribution is 8.02. The molecule has 0 aliphatic rings. The van der Waals surface area contributed by atoms with Gasteiger partial charge in [0.05, 0.1) is 4.21 Å². The fourth-order valence-electron chi connectivity index (χ4n) is 4.33. The molecule has 4 nitrogen and oxygen atoms in total. The summed E-state index contributed by atoms with van der Waals surface area (Å²) in [7, 11) is 2.11. The Hall–Kier alpha value is -3.74. The van der Waals surface area contributed by atoms with E-state index in [-0.39, 0.29) is 0 Å². The lowest BCUT2D eigenvalue weighted by atomic mass is 9.92. The van der Waals surface area contributed by atoms with Gasteiger partial charge in [-0.05, 0) is 64.9 Å². The van der Waals surface area contributed by atoms with E-state index >= 15 is 0 Å². The molecule has 3 heterocycles. The number of nitrogens with one attached hydrogen (secondary N) is 1. The smallest absolute Gasteiger partial charge is 0.138 e. The molecule has 0 aliphatic carbocycles. The van der Waals surface area contributed by atoms with Crippen LogP contribution < -0.4 is 10.0 Å². The Morgan fingerprint density at radius 1 is 0.912 bits per heavy atom. The zero-order valence-electron chi connectivity index (χ0n) is 18.5. The molecule has 6 aromatic rings. The minimum atomic E-state index is 0.752. The number of nitrogen functional groups attached to an aromatic ring is 1. The molecule has 3 aromatic carbocycles. The maximum Gasteiger partial charge on any atom is 0.138 e. The maximum absolute atomic E-state index is 5.97. The lowest BCUT2D eigenvalue weighted by Gasteiger charge is -2.17. The minimum absolute atomic E-state index is 0.752. The molecule has 34 heavy (non-hydrogen) atoms. The first kappa shape index (κ1) is 20.8. The highest BCUT2D eigenvalue weighted by Gasteiger charge is 2.18. The van der Waals surface area contributed by atoms with Crippen LogP contribution in [0.3, 0.4) is 0 Å². The molecule has 0 atom stereocenters. The van der Waals surface area contributed by atoms with Crippen molar-refractivity contribution in [3.63, 3.8) is 0 Å². The van der Waals surface area contributed by atoms with Crippen molar-refractivity contribution in [3.05, 3.63) is 96.5 Å². The average molecular weight is 479 g/mol. The van der Waals surface area contributed by atoms with Crippen LogP contribution in [0.25, 0.3) is 44.2 Å². The molecule has 3 N–H and O–H groups in total. The molecule has 3 aromatic heterocycles. The summed E-state index contributed by atoms with van der Waals surface area (Å²) in [6, 6.07) is 29.4. The number of nitrogens with zero attached hydrogens (tertiary/aromatic N) is 2. The van der Waals surface area contributed by atoms with Crippen molar-refractivity contribution in [2.45, 2.75) is 4.21 Å². The third-order valence-electron chi connectivity index (χ3n) is 5.97. The second-order valence-electron chi connectivity index (χ2n) is 8.13. The van der Waals surface area contributed by atoms with Gasteiger partial charge < -0.3 is 15.0 Å². The summed E-state index contributed by atoms with van der Waals surface area (Å²) >= 11 is 3.49. The van der Waals surface area contributed by atoms with E-state index < -0.39 is 0 Å². The van der Waals surface area contributed by atoms with Crippen LogP contribution in [0.1, 0.15) is 0 Å². The van der Waals surface area contributed by atoms with Crippen LogP contribution >= 0.6 is 23.3 Å². The average Bonchev–Trinajstić information content (AvgIpc) is 3.51. The number of thiophene rings is 1. The van der Waals surface area contributed by atoms with Gasteiger partial charge in [0.25, 0.3) is 0 Å². The predicted octanol–water partition coefficient (Wildman–Crippen LogP) is 7.84. The van der Waals surface area contributed by atoms with Crippen molar-refractivity contribution >= 4 is 56.6 Å². The first-order chi connectivity index (χ1) is 16.7. The van der Waals surface area contributed by atoms with E-state index in [0.717, 1.165) is 50.0 Å². The molecule has 0 amide bonds. The highest BCUT2D eigenvalue weighted by Crippen LogP contribution is 2.42. The highest BCUT2D eigenvalue weighted by atomic mass is 32.2. The molecular weight excluding hydrogens is 456 g/mol. The van der Waals surface area contributed by atoms with Gasteiger partial charge in [0, 0.05) is 52.0 Å². The largest absolute Gasteiger partial charge is 0.399 e. The second kappa shape index (κ2) is 8.56. The van der Waals surface area contributed by atoms with Crippen molar-refractivity contribution in [2.75, 3.05) is 17.1 Å². The fourth-order valence-corrected chi connectivity index (χ4v) is 6.08. The summed E-state index contributed by atoms with van der Waals surface area (Å²) in [6.07, 6.45) is 1.96. The molecule has 0 saturated carbocycles. The van der Waals surface area contributed by atoms with Gasteiger partial charge >= 0.3 is 0 Å². The first-order valence-electron chi connectivity index (χ1n) is 11.0. The van der Waals surface area contributed by atoms with Gasteiger partial charge in [-0.1, -0.05) is 48.5 Å². The van der Waals surface area contributed by atoms with E-state index in [4.69, 9.17) is 10.7 Å². The molecule has 0 radical (unpaired) electrons. The summed E-state index contributed by atoms with van der Waals surface area (Å²) in [5, 5.41) is 4.40. The lowest BCUT2D eigenvalue weighted by molar-refractivity contribution is 1.34. The molecule has 0 fully saturated rings. The number of aromatic amines is 1. The van der Waals surface area contributed by atoms with Crippen LogP contribution in [0.4, 0.5) is 11.4 Å². The number of anilines is 2. The van der Waals surface area contributed by atoms with Crippen molar-refractivity contribution < 1.29 is 0 Å². The Bertz CT molecular complexity index is 1590. The van der Waals surface area contributed by atoms with Gasteiger partial charge in [-0.2, -0.15) is 0 Å². The van der Waals surface area contributed by atoms with Gasteiger partial charge in [0.15, 0.2) is 0 Å². The summed E-state index contributed by atoms with van der Waals surface area (Å²) in [4.78, 5) is 8.37. The normalized spacial score (nSPS) is 11.3. The standard InChI is InChI=1S/C28H22N4S2/c1-32(34-25-8-5-15-33-25)21-13-14-24-22(16-21)27-26(19-6-3-2-4-7-19)23(17-30-28(27)31-24)18-9-11-20(29)12-10-18/h2-17H,29H2,1H3,(H,30,31). The number of hydrogen-bond donors (Lipinski definition) is 2. The van der Waals surface area contributed by atoms with E-state index in [0.29, 0.717) is 0 Å². The summed E-state index contributed by atoms with van der Waals surface area (Å²) in [6.45, 7) is 0. The SMILES string of the molecule is CN(Sc1cccs1)c1ccc2[nH]c3ncc(-c4ccc(N)cc4)c(-c4ccccc4)c3c2c1. The van der Waals surface area contributed by atoms with E-state index in [1.165, 1.54) is 9.77 Å². The van der Waals surface area contributed by atoms with Crippen LogP contribution in [0.2, 0.25) is 0 Å². The van der Waals surface area contributed by atoms with Gasteiger partial charge in [0.1, 0.15) is 5.65 Å². The molecule has 6 heteroatoms. The van der Waals surface area contributed by atoms with Gasteiger partial charge in [-0.15, -0.1) is 11.3 Å². The molecule has 0 saturated heterocycles. The number of pyridine rings is 1. The third kappa shape index (κ3) is 3.71. The molecule has 0 spiro atoms. The Morgan fingerprint density at radius 3 is 2.50 bits per heavy atom. The van der Waals surface area contributed by atoms with Crippen molar-refractivity contribution in [3.8, 4) is 22.3 Å². The minimum Gasteiger partial charge on any atom is -0.399 e. The maximum atomic E-state index is 5.97. The van der Waals surface area contributed by atoms with E-state index in [9.17, 15) is 0 Å². The molecule has 0 unspecified atom stereocenters. The third-order valence-corrected chi connectivity index (χ3v) is 7.95. The van der Waals surface area contributed by atoms with E-state index in [2.05, 4.69) is 94.5 Å². The van der Waals surface area contributed by atoms with Crippen LogP contribution in [0.5, 0.6) is 0 Å². The predicted molar refractivity (Wildman–Crippen MR) is 147 cm³/mol. The van der Waals surface area contributed by atoms with Crippen LogP contribution in [-0.4, -0.2) is 17.0 Å². The summed E-state index contributed by atoms with van der Waals surface area (Å²) < 4.78 is 3.47. The number of hydrogen-bond acceptors (Lipinski definition) is 5. The second-order valence-corrected chi connectivity index (χ2v) is 10.5. The molecular formula is C28H22N4S2. The molecule has 166 valence electrons. The van der Waals surface area contributed by atoms with Crippen LogP contribution in [-0.2, 0) is 0 Å². The van der Waals surface area contributed by atoms with Gasteiger partial charge in [-0.25, -0.2) is 4.98 Å². The number of H-pyrrole nitrogens is 1. The monoisotopic (exact) mass is 478 g/mol. The number of nitrogens with two attached hydrogens (primary N) is 1. The fraction of sp³-hybridized carbons (Fsp3) is 0.0357. The van der Waals surface area contributed by atoms with Gasteiger partial charge in [-0.3, -0.25) is 0 Å². The van der Waals surface area contributed by atoms with Crippen LogP contribution in [0.15, 0.2) is 101 Å². The Morgan fingerprint density at radius 2 is 1.74 bits per heavy atom. The Labute approximate surface area is 206 Å². The van der Waals surface area contributed by atoms with Crippen molar-refractivity contribution in [2.24, 2.45) is 0 Å². The van der Waals surface area contributed by atoms with E-state index in [1.807, 2.05) is 18.3 Å². The summed E-state index contributed by atoms with van der Waals surface area (Å²) in [5.41, 5.74) is 14.3. The molecule has 6 rings (SSSR count). The Kier molecular flexibility index (Phi) is 5.24. The summed E-state index contributed by atoms with van der Waals surface area (Å²) in [5.74, 6) is 0. The number of aromatic nitrogens is 2. The molecule has 0 bridgehead atoms. The quantitative estimate of drug-likeness (QED) is 0.196. The van der Waals surface area contributed by atoms with Crippen molar-refractivity contribution in [1.82, 2.24) is 9.97 Å². The first-order valence-corrected chi connectivity index (χ1v) is 12.6. The number of fused-ring (bicyclic) bond motifs is 3. The van der Waals surface area contributed by atoms with Crippen molar-refractivity contribution in [1.29, 1.82) is 0 Å². The van der Waals surface area contributed by atoms with Gasteiger partial charge in [0.2, 0.25) is 0 Å². The topological polar surface area (TPSA) is 57.9 Å².